The summed E-state index contributed by atoms with van der Waals surface area (Å²) in [6.45, 7) is 5.77. The van der Waals surface area contributed by atoms with Gasteiger partial charge in [0.2, 0.25) is 11.8 Å². The lowest BCUT2D eigenvalue weighted by atomic mass is 9.88. The minimum Gasteiger partial charge on any atom is -0.421 e. The van der Waals surface area contributed by atoms with Crippen LogP contribution in [0.15, 0.2) is 28.7 Å². The highest BCUT2D eigenvalue weighted by Gasteiger charge is 2.24. The third kappa shape index (κ3) is 4.45. The summed E-state index contributed by atoms with van der Waals surface area (Å²) in [5.74, 6) is 1.37. The molecule has 0 bridgehead atoms. The molecule has 1 saturated carbocycles. The molecule has 6 heteroatoms. The van der Waals surface area contributed by atoms with Gasteiger partial charge in [0.05, 0.1) is 17.4 Å². The van der Waals surface area contributed by atoms with Gasteiger partial charge in [-0.15, -0.1) is 10.2 Å². The first-order chi connectivity index (χ1) is 12.0. The number of nitrogens with zero attached hydrogens (tertiary/aromatic N) is 2. The number of carbonyl (C=O) groups is 1. The number of rotatable bonds is 5. The summed E-state index contributed by atoms with van der Waals surface area (Å²) < 4.78 is 11.5. The molecule has 3 unspecified atom stereocenters. The van der Waals surface area contributed by atoms with Gasteiger partial charge in [0.15, 0.2) is 0 Å². The maximum atomic E-state index is 12.6. The van der Waals surface area contributed by atoms with Gasteiger partial charge in [0, 0.05) is 6.92 Å². The number of benzene rings is 1. The molecule has 3 rings (SSSR count). The molecule has 0 radical (unpaired) electrons. The smallest absolute Gasteiger partial charge is 0.253 e. The van der Waals surface area contributed by atoms with Gasteiger partial charge in [0.1, 0.15) is 6.10 Å². The Kier molecular flexibility index (Phi) is 5.48. The summed E-state index contributed by atoms with van der Waals surface area (Å²) >= 11 is 0. The van der Waals surface area contributed by atoms with E-state index in [4.69, 9.17) is 9.15 Å². The van der Waals surface area contributed by atoms with Crippen LogP contribution in [0.4, 0.5) is 5.69 Å². The van der Waals surface area contributed by atoms with Crippen molar-refractivity contribution >= 4 is 11.6 Å². The number of para-hydroxylation sites is 1. The van der Waals surface area contributed by atoms with E-state index in [-0.39, 0.29) is 12.0 Å². The predicted octanol–water partition coefficient (Wildman–Crippen LogP) is 3.97. The molecule has 1 fully saturated rings. The number of aromatic nitrogens is 2. The number of anilines is 1. The Labute approximate surface area is 148 Å². The molecule has 2 aromatic rings. The maximum absolute atomic E-state index is 12.6. The number of aryl methyl sites for hydroxylation is 1. The number of ether oxygens (including phenoxy) is 1. The van der Waals surface area contributed by atoms with Crippen LogP contribution in [0.25, 0.3) is 11.5 Å². The first kappa shape index (κ1) is 17.6. The number of hydrogen-bond donors (Lipinski definition) is 1. The minimum absolute atomic E-state index is 0.165. The van der Waals surface area contributed by atoms with Gasteiger partial charge >= 0.3 is 0 Å². The Hall–Kier alpha value is -2.21. The van der Waals surface area contributed by atoms with E-state index < -0.39 is 6.10 Å². The number of amides is 1. The van der Waals surface area contributed by atoms with Crippen molar-refractivity contribution in [1.29, 1.82) is 0 Å². The molecule has 0 aliphatic heterocycles. The van der Waals surface area contributed by atoms with Gasteiger partial charge in [-0.1, -0.05) is 31.9 Å². The van der Waals surface area contributed by atoms with Gasteiger partial charge in [0.25, 0.3) is 5.91 Å². The van der Waals surface area contributed by atoms with Crippen molar-refractivity contribution in [3.63, 3.8) is 0 Å². The fourth-order valence-corrected chi connectivity index (χ4v) is 3.27. The van der Waals surface area contributed by atoms with Crippen LogP contribution in [0, 0.1) is 12.8 Å². The highest BCUT2D eigenvalue weighted by Crippen LogP contribution is 2.28. The lowest BCUT2D eigenvalue weighted by molar-refractivity contribution is -0.131. The Morgan fingerprint density at radius 2 is 2.12 bits per heavy atom. The van der Waals surface area contributed by atoms with Crippen molar-refractivity contribution in [3.8, 4) is 11.5 Å². The molecule has 1 amide bonds. The zero-order valence-corrected chi connectivity index (χ0v) is 15.0. The molecule has 1 aromatic carbocycles. The Morgan fingerprint density at radius 3 is 2.84 bits per heavy atom. The Bertz CT molecular complexity index is 728. The van der Waals surface area contributed by atoms with Crippen LogP contribution in [0.5, 0.6) is 0 Å². The standard InChI is InChI=1S/C19H25N3O3/c1-12-7-6-8-15(11-12)24-13(2)18(23)20-17-10-5-4-9-16(17)19-22-21-14(3)25-19/h4-5,9-10,12-13,15H,6-8,11H2,1-3H3,(H,20,23). The summed E-state index contributed by atoms with van der Waals surface area (Å²) in [5, 5.41) is 10.8. The van der Waals surface area contributed by atoms with Gasteiger partial charge < -0.3 is 14.5 Å². The van der Waals surface area contributed by atoms with E-state index in [0.29, 0.717) is 29.0 Å². The zero-order valence-electron chi connectivity index (χ0n) is 15.0. The number of nitrogens with one attached hydrogen (secondary N) is 1. The first-order valence-corrected chi connectivity index (χ1v) is 8.88. The second-order valence-corrected chi connectivity index (χ2v) is 6.83. The molecule has 0 saturated heterocycles. The van der Waals surface area contributed by atoms with Crippen molar-refractivity contribution in [3.05, 3.63) is 30.2 Å². The molecule has 0 spiro atoms. The van der Waals surface area contributed by atoms with E-state index in [2.05, 4.69) is 22.4 Å². The van der Waals surface area contributed by atoms with E-state index >= 15 is 0 Å². The summed E-state index contributed by atoms with van der Waals surface area (Å²) in [6.07, 6.45) is 4.12. The molecular formula is C19H25N3O3. The van der Waals surface area contributed by atoms with Gasteiger partial charge in [-0.2, -0.15) is 0 Å². The fraction of sp³-hybridized carbons (Fsp3) is 0.526. The molecule has 134 valence electrons. The van der Waals surface area contributed by atoms with E-state index in [1.807, 2.05) is 24.3 Å². The molecule has 25 heavy (non-hydrogen) atoms. The van der Waals surface area contributed by atoms with Crippen LogP contribution in [-0.4, -0.2) is 28.3 Å². The van der Waals surface area contributed by atoms with Crippen LogP contribution in [-0.2, 0) is 9.53 Å². The Morgan fingerprint density at radius 1 is 1.32 bits per heavy atom. The molecule has 1 aromatic heterocycles. The molecular weight excluding hydrogens is 318 g/mol. The second-order valence-electron chi connectivity index (χ2n) is 6.83. The van der Waals surface area contributed by atoms with Crippen LogP contribution in [0.1, 0.15) is 45.4 Å². The van der Waals surface area contributed by atoms with Crippen LogP contribution >= 0.6 is 0 Å². The molecule has 1 heterocycles. The molecule has 1 aliphatic carbocycles. The molecule has 3 atom stereocenters. The minimum atomic E-state index is -0.507. The van der Waals surface area contributed by atoms with Crippen LogP contribution in [0.2, 0.25) is 0 Å². The largest absolute Gasteiger partial charge is 0.421 e. The summed E-state index contributed by atoms with van der Waals surface area (Å²) in [6, 6.07) is 7.39. The molecule has 1 N–H and O–H groups in total. The molecule has 1 aliphatic rings. The SMILES string of the molecule is Cc1nnc(-c2ccccc2NC(=O)C(C)OC2CCCC(C)C2)o1. The predicted molar refractivity (Wildman–Crippen MR) is 95.1 cm³/mol. The summed E-state index contributed by atoms with van der Waals surface area (Å²) in [5.41, 5.74) is 1.35. The van der Waals surface area contributed by atoms with Crippen LogP contribution < -0.4 is 5.32 Å². The maximum Gasteiger partial charge on any atom is 0.253 e. The summed E-state index contributed by atoms with van der Waals surface area (Å²) in [4.78, 5) is 12.6. The van der Waals surface area contributed by atoms with E-state index in [0.717, 1.165) is 12.8 Å². The highest BCUT2D eigenvalue weighted by atomic mass is 16.5. The van der Waals surface area contributed by atoms with Crippen LogP contribution in [0.3, 0.4) is 0 Å². The molecule has 6 nitrogen and oxygen atoms in total. The monoisotopic (exact) mass is 343 g/mol. The van der Waals surface area contributed by atoms with Gasteiger partial charge in [-0.25, -0.2) is 0 Å². The van der Waals surface area contributed by atoms with E-state index in [1.54, 1.807) is 13.8 Å². The Balaban J connectivity index is 1.66. The average Bonchev–Trinajstić information content (AvgIpc) is 3.01. The van der Waals surface area contributed by atoms with Crippen molar-refractivity contribution in [2.45, 2.75) is 58.7 Å². The third-order valence-corrected chi connectivity index (χ3v) is 4.60. The average molecular weight is 343 g/mol. The van der Waals surface area contributed by atoms with Crippen molar-refractivity contribution in [1.82, 2.24) is 10.2 Å². The second kappa shape index (κ2) is 7.78. The summed E-state index contributed by atoms with van der Waals surface area (Å²) in [7, 11) is 0. The lowest BCUT2D eigenvalue weighted by Crippen LogP contribution is -2.33. The van der Waals surface area contributed by atoms with Crippen molar-refractivity contribution in [2.24, 2.45) is 5.92 Å². The highest BCUT2D eigenvalue weighted by molar-refractivity contribution is 5.97. The van der Waals surface area contributed by atoms with E-state index in [9.17, 15) is 4.79 Å². The lowest BCUT2D eigenvalue weighted by Gasteiger charge is -2.29. The zero-order chi connectivity index (χ0) is 17.8. The van der Waals surface area contributed by atoms with Gasteiger partial charge in [-0.3, -0.25) is 4.79 Å². The normalized spacial score (nSPS) is 21.7. The van der Waals surface area contributed by atoms with Crippen molar-refractivity contribution in [2.75, 3.05) is 5.32 Å². The quantitative estimate of drug-likeness (QED) is 0.889. The number of hydrogen-bond acceptors (Lipinski definition) is 5. The third-order valence-electron chi connectivity index (χ3n) is 4.60. The van der Waals surface area contributed by atoms with Crippen molar-refractivity contribution < 1.29 is 13.9 Å². The van der Waals surface area contributed by atoms with Gasteiger partial charge in [-0.05, 0) is 37.8 Å². The fourth-order valence-electron chi connectivity index (χ4n) is 3.27. The van der Waals surface area contributed by atoms with E-state index in [1.165, 1.54) is 12.8 Å². The number of carbonyl (C=O) groups excluding carboxylic acids is 1. The topological polar surface area (TPSA) is 77.2 Å². The first-order valence-electron chi connectivity index (χ1n) is 8.88.